The summed E-state index contributed by atoms with van der Waals surface area (Å²) in [6, 6.07) is 4.57. The molecule has 0 aliphatic carbocycles. The molecule has 1 amide bonds. The molecule has 0 saturated carbocycles. The molecule has 2 fully saturated rings. The van der Waals surface area contributed by atoms with Gasteiger partial charge in [-0.2, -0.15) is 4.31 Å². The van der Waals surface area contributed by atoms with Crippen LogP contribution in [0.4, 0.5) is 0 Å². The van der Waals surface area contributed by atoms with Crippen LogP contribution in [-0.2, 0) is 14.8 Å². The van der Waals surface area contributed by atoms with Crippen LogP contribution < -0.4 is 14.8 Å². The van der Waals surface area contributed by atoms with Crippen LogP contribution in [0, 0.1) is 0 Å². The first-order valence-electron chi connectivity index (χ1n) is 9.21. The Morgan fingerprint density at radius 3 is 2.39 bits per heavy atom. The van der Waals surface area contributed by atoms with Crippen LogP contribution in [0.25, 0.3) is 0 Å². The number of methoxy groups -OCH3 is 2. The first-order valence-corrected chi connectivity index (χ1v) is 10.7. The zero-order valence-corrected chi connectivity index (χ0v) is 17.9. The lowest BCUT2D eigenvalue weighted by atomic mass is 10.0. The molecular formula is C18H28ClN3O5S. The molecule has 28 heavy (non-hydrogen) atoms. The van der Waals surface area contributed by atoms with Gasteiger partial charge < -0.3 is 19.7 Å². The zero-order valence-electron chi connectivity index (χ0n) is 16.2. The molecule has 3 rings (SSSR count). The summed E-state index contributed by atoms with van der Waals surface area (Å²) in [5.74, 6) is 0.804. The van der Waals surface area contributed by atoms with E-state index in [1.54, 1.807) is 17.0 Å². The summed E-state index contributed by atoms with van der Waals surface area (Å²) >= 11 is 0. The van der Waals surface area contributed by atoms with Crippen molar-refractivity contribution >= 4 is 28.3 Å². The molecule has 8 nitrogen and oxygen atoms in total. The fraction of sp³-hybridized carbons (Fsp3) is 0.611. The third-order valence-corrected chi connectivity index (χ3v) is 7.07. The van der Waals surface area contributed by atoms with Gasteiger partial charge >= 0.3 is 0 Å². The fourth-order valence-corrected chi connectivity index (χ4v) is 5.15. The largest absolute Gasteiger partial charge is 0.497 e. The van der Waals surface area contributed by atoms with E-state index in [0.29, 0.717) is 18.8 Å². The van der Waals surface area contributed by atoms with E-state index in [9.17, 15) is 13.2 Å². The monoisotopic (exact) mass is 433 g/mol. The number of amides is 1. The van der Waals surface area contributed by atoms with Crippen LogP contribution in [-0.4, -0.2) is 76.5 Å². The Labute approximate surface area is 172 Å². The Kier molecular flexibility index (Phi) is 7.94. The van der Waals surface area contributed by atoms with E-state index >= 15 is 0 Å². The predicted octanol–water partition coefficient (Wildman–Crippen LogP) is 1.10. The predicted molar refractivity (Wildman–Crippen MR) is 108 cm³/mol. The number of halogens is 1. The van der Waals surface area contributed by atoms with Gasteiger partial charge in [0.25, 0.3) is 0 Å². The average Bonchev–Trinajstić information content (AvgIpc) is 2.73. The van der Waals surface area contributed by atoms with Gasteiger partial charge in [-0.1, -0.05) is 6.42 Å². The first-order chi connectivity index (χ1) is 13.0. The summed E-state index contributed by atoms with van der Waals surface area (Å²) in [7, 11) is -0.810. The van der Waals surface area contributed by atoms with E-state index in [2.05, 4.69) is 5.32 Å². The van der Waals surface area contributed by atoms with Crippen molar-refractivity contribution in [2.75, 3.05) is 46.9 Å². The average molecular weight is 434 g/mol. The van der Waals surface area contributed by atoms with E-state index in [1.807, 2.05) is 0 Å². The highest BCUT2D eigenvalue weighted by Gasteiger charge is 2.34. The Balaban J connectivity index is 0.00000280. The molecule has 2 saturated heterocycles. The summed E-state index contributed by atoms with van der Waals surface area (Å²) in [5.41, 5.74) is 0. The van der Waals surface area contributed by atoms with E-state index in [4.69, 9.17) is 9.47 Å². The molecule has 1 N–H and O–H groups in total. The number of rotatable bonds is 5. The lowest BCUT2D eigenvalue weighted by Crippen LogP contribution is -2.55. The van der Waals surface area contributed by atoms with Gasteiger partial charge in [0, 0.05) is 32.2 Å². The zero-order chi connectivity index (χ0) is 19.4. The lowest BCUT2D eigenvalue weighted by molar-refractivity contribution is -0.135. The number of piperidine rings is 1. The summed E-state index contributed by atoms with van der Waals surface area (Å²) in [6.07, 6.45) is 2.99. The van der Waals surface area contributed by atoms with Crippen LogP contribution >= 0.6 is 12.4 Å². The minimum Gasteiger partial charge on any atom is -0.497 e. The summed E-state index contributed by atoms with van der Waals surface area (Å²) in [5, 5.41) is 3.26. The van der Waals surface area contributed by atoms with Gasteiger partial charge in [0.05, 0.1) is 20.3 Å². The molecule has 158 valence electrons. The second-order valence-corrected chi connectivity index (χ2v) is 8.66. The van der Waals surface area contributed by atoms with Crippen LogP contribution in [0.1, 0.15) is 19.3 Å². The number of carbonyl (C=O) groups is 1. The van der Waals surface area contributed by atoms with Crippen molar-refractivity contribution in [2.45, 2.75) is 30.2 Å². The van der Waals surface area contributed by atoms with E-state index < -0.39 is 10.0 Å². The van der Waals surface area contributed by atoms with Crippen molar-refractivity contribution in [2.24, 2.45) is 0 Å². The number of nitrogens with zero attached hydrogens (tertiary/aromatic N) is 2. The Morgan fingerprint density at radius 1 is 1.11 bits per heavy atom. The fourth-order valence-electron chi connectivity index (χ4n) is 3.56. The number of carbonyl (C=O) groups excluding carboxylic acids is 1. The van der Waals surface area contributed by atoms with E-state index in [-0.39, 0.29) is 48.1 Å². The maximum absolute atomic E-state index is 13.1. The molecular weight excluding hydrogens is 406 g/mol. The molecule has 2 heterocycles. The minimum absolute atomic E-state index is 0. The quantitative estimate of drug-likeness (QED) is 0.748. The van der Waals surface area contributed by atoms with Crippen molar-refractivity contribution < 1.29 is 22.7 Å². The molecule has 1 unspecified atom stereocenters. The van der Waals surface area contributed by atoms with Crippen LogP contribution in [0.3, 0.4) is 0 Å². The van der Waals surface area contributed by atoms with Crippen LogP contribution in [0.15, 0.2) is 23.1 Å². The van der Waals surface area contributed by atoms with Gasteiger partial charge in [-0.3, -0.25) is 4.79 Å². The van der Waals surface area contributed by atoms with Gasteiger partial charge in [0.2, 0.25) is 15.9 Å². The maximum Gasteiger partial charge on any atom is 0.247 e. The lowest BCUT2D eigenvalue weighted by Gasteiger charge is -2.36. The van der Waals surface area contributed by atoms with E-state index in [0.717, 1.165) is 25.8 Å². The number of hydrogen-bond donors (Lipinski definition) is 1. The maximum atomic E-state index is 13.1. The smallest absolute Gasteiger partial charge is 0.247 e. The normalized spacial score (nSPS) is 20.9. The third-order valence-electron chi connectivity index (χ3n) is 5.15. The molecule has 0 spiro atoms. The Hall–Kier alpha value is -1.55. The van der Waals surface area contributed by atoms with Crippen molar-refractivity contribution in [3.05, 3.63) is 18.2 Å². The van der Waals surface area contributed by atoms with Gasteiger partial charge in [-0.15, -0.1) is 12.4 Å². The van der Waals surface area contributed by atoms with Crippen molar-refractivity contribution in [1.82, 2.24) is 14.5 Å². The molecule has 0 bridgehead atoms. The SMILES string of the molecule is COc1ccc(OC)c(S(=O)(=O)N2CCN(C(=O)C3CCCCN3)CC2)c1.Cl. The van der Waals surface area contributed by atoms with Crippen LogP contribution in [0.2, 0.25) is 0 Å². The molecule has 1 atom stereocenters. The number of sulfonamides is 1. The molecule has 2 aliphatic rings. The summed E-state index contributed by atoms with van der Waals surface area (Å²) < 4.78 is 38.0. The standard InChI is InChI=1S/C18H27N3O5S.ClH/c1-25-14-6-7-16(26-2)17(13-14)27(23,24)21-11-9-20(10-12-21)18(22)15-5-3-4-8-19-15;/h6-7,13,15,19H,3-5,8-12H2,1-2H3;1H. The molecule has 1 aromatic carbocycles. The number of ether oxygens (including phenoxy) is 2. The van der Waals surface area contributed by atoms with Crippen molar-refractivity contribution in [3.8, 4) is 11.5 Å². The van der Waals surface area contributed by atoms with Gasteiger partial charge in [-0.25, -0.2) is 8.42 Å². The van der Waals surface area contributed by atoms with Gasteiger partial charge in [0.1, 0.15) is 16.4 Å². The minimum atomic E-state index is -3.74. The molecule has 10 heteroatoms. The second kappa shape index (κ2) is 9.78. The Morgan fingerprint density at radius 2 is 1.82 bits per heavy atom. The summed E-state index contributed by atoms with van der Waals surface area (Å²) in [4.78, 5) is 14.5. The van der Waals surface area contributed by atoms with Gasteiger partial charge in [-0.05, 0) is 31.5 Å². The molecule has 0 aromatic heterocycles. The second-order valence-electron chi connectivity index (χ2n) is 6.75. The highest BCUT2D eigenvalue weighted by Crippen LogP contribution is 2.31. The Bertz CT molecular complexity index is 775. The molecule has 0 radical (unpaired) electrons. The molecule has 2 aliphatic heterocycles. The number of benzene rings is 1. The van der Waals surface area contributed by atoms with Crippen molar-refractivity contribution in [3.63, 3.8) is 0 Å². The topological polar surface area (TPSA) is 88.2 Å². The van der Waals surface area contributed by atoms with Crippen molar-refractivity contribution in [1.29, 1.82) is 0 Å². The molecule has 1 aromatic rings. The highest BCUT2D eigenvalue weighted by molar-refractivity contribution is 7.89. The van der Waals surface area contributed by atoms with Crippen LogP contribution in [0.5, 0.6) is 11.5 Å². The summed E-state index contributed by atoms with van der Waals surface area (Å²) in [6.45, 7) is 2.17. The number of hydrogen-bond acceptors (Lipinski definition) is 6. The first kappa shape index (κ1) is 22.7. The number of nitrogens with one attached hydrogen (secondary N) is 1. The third kappa shape index (κ3) is 4.71. The van der Waals surface area contributed by atoms with Gasteiger partial charge in [0.15, 0.2) is 0 Å². The van der Waals surface area contributed by atoms with E-state index in [1.165, 1.54) is 24.6 Å². The highest BCUT2D eigenvalue weighted by atomic mass is 35.5. The number of piperazine rings is 1.